The molecule has 2 N–H and O–H groups in total. The highest BCUT2D eigenvalue weighted by Crippen LogP contribution is 2.23. The molecule has 21 heavy (non-hydrogen) atoms. The number of rotatable bonds is 4. The van der Waals surface area contributed by atoms with Gasteiger partial charge in [-0.05, 0) is 24.6 Å². The number of methoxy groups -OCH3 is 1. The Balaban J connectivity index is 1.76. The van der Waals surface area contributed by atoms with E-state index in [1.54, 1.807) is 20.1 Å². The molecule has 0 aliphatic heterocycles. The quantitative estimate of drug-likeness (QED) is 0.772. The van der Waals surface area contributed by atoms with Crippen molar-refractivity contribution in [1.29, 1.82) is 0 Å². The number of anilines is 1. The molecule has 6 heteroatoms. The van der Waals surface area contributed by atoms with Crippen LogP contribution in [0, 0.1) is 6.92 Å². The Labute approximate surface area is 121 Å². The summed E-state index contributed by atoms with van der Waals surface area (Å²) < 4.78 is 10.1. The highest BCUT2D eigenvalue weighted by Gasteiger charge is 2.11. The predicted molar refractivity (Wildman–Crippen MR) is 78.4 cm³/mol. The minimum absolute atomic E-state index is 0.139. The number of aromatic amines is 1. The highest BCUT2D eigenvalue weighted by atomic mass is 16.5. The molecule has 6 nitrogen and oxygen atoms in total. The Morgan fingerprint density at radius 3 is 3.00 bits per heavy atom. The lowest BCUT2D eigenvalue weighted by atomic mass is 10.1. The smallest absolute Gasteiger partial charge is 0.230 e. The number of carbonyl (C=O) groups excluding carboxylic acids is 1. The molecule has 1 amide bonds. The molecule has 0 aliphatic carbocycles. The van der Waals surface area contributed by atoms with Crippen LogP contribution in [-0.2, 0) is 11.2 Å². The highest BCUT2D eigenvalue weighted by molar-refractivity contribution is 5.95. The molecule has 0 radical (unpaired) electrons. The number of nitrogens with zero attached hydrogens (tertiary/aromatic N) is 1. The number of hydrogen-bond donors (Lipinski definition) is 2. The molecule has 0 atom stereocenters. The maximum atomic E-state index is 12.0. The van der Waals surface area contributed by atoms with Crippen molar-refractivity contribution < 1.29 is 14.1 Å². The molecule has 108 valence electrons. The second kappa shape index (κ2) is 5.32. The largest absolute Gasteiger partial charge is 0.497 e. The van der Waals surface area contributed by atoms with Gasteiger partial charge in [-0.2, -0.15) is 0 Å². The van der Waals surface area contributed by atoms with Crippen LogP contribution in [0.15, 0.2) is 35.0 Å². The summed E-state index contributed by atoms with van der Waals surface area (Å²) in [6.45, 7) is 1.77. The van der Waals surface area contributed by atoms with Gasteiger partial charge in [-0.15, -0.1) is 0 Å². The first-order valence-corrected chi connectivity index (χ1v) is 6.53. The van der Waals surface area contributed by atoms with E-state index in [9.17, 15) is 4.79 Å². The maximum absolute atomic E-state index is 12.0. The molecule has 0 fully saturated rings. The Bertz CT molecular complexity index is 788. The number of fused-ring (bicyclic) bond motifs is 1. The average molecular weight is 285 g/mol. The number of nitrogens with one attached hydrogen (secondary N) is 2. The van der Waals surface area contributed by atoms with Crippen LogP contribution >= 0.6 is 0 Å². The summed E-state index contributed by atoms with van der Waals surface area (Å²) in [7, 11) is 1.62. The standard InChI is InChI=1S/C15H15N3O3/c1-9-5-14(18-21-9)17-15(19)6-10-8-16-13-7-11(20-2)3-4-12(10)13/h3-5,7-8,16H,6H2,1-2H3,(H,17,18,19). The van der Waals surface area contributed by atoms with Crippen molar-refractivity contribution in [1.82, 2.24) is 10.1 Å². The first-order chi connectivity index (χ1) is 10.2. The third-order valence-electron chi connectivity index (χ3n) is 3.22. The van der Waals surface area contributed by atoms with E-state index in [0.717, 1.165) is 22.2 Å². The Morgan fingerprint density at radius 2 is 2.29 bits per heavy atom. The molecule has 2 aromatic heterocycles. The van der Waals surface area contributed by atoms with Crippen LogP contribution in [0.25, 0.3) is 10.9 Å². The average Bonchev–Trinajstić information content (AvgIpc) is 3.05. The molecular weight excluding hydrogens is 270 g/mol. The fraction of sp³-hybridized carbons (Fsp3) is 0.200. The fourth-order valence-electron chi connectivity index (χ4n) is 2.22. The van der Waals surface area contributed by atoms with Crippen molar-refractivity contribution in [3.8, 4) is 5.75 Å². The van der Waals surface area contributed by atoms with E-state index in [1.807, 2.05) is 24.4 Å². The molecule has 2 heterocycles. The minimum atomic E-state index is -0.139. The van der Waals surface area contributed by atoms with E-state index < -0.39 is 0 Å². The predicted octanol–water partition coefficient (Wildman–Crippen LogP) is 2.65. The normalized spacial score (nSPS) is 10.8. The Morgan fingerprint density at radius 1 is 1.43 bits per heavy atom. The monoisotopic (exact) mass is 285 g/mol. The Kier molecular flexibility index (Phi) is 3.35. The van der Waals surface area contributed by atoms with E-state index in [1.165, 1.54) is 0 Å². The lowest BCUT2D eigenvalue weighted by molar-refractivity contribution is -0.115. The summed E-state index contributed by atoms with van der Waals surface area (Å²) in [5.41, 5.74) is 1.86. The van der Waals surface area contributed by atoms with Crippen LogP contribution in [0.1, 0.15) is 11.3 Å². The van der Waals surface area contributed by atoms with E-state index in [-0.39, 0.29) is 12.3 Å². The third-order valence-corrected chi connectivity index (χ3v) is 3.22. The minimum Gasteiger partial charge on any atom is -0.497 e. The van der Waals surface area contributed by atoms with Gasteiger partial charge in [-0.25, -0.2) is 0 Å². The van der Waals surface area contributed by atoms with E-state index >= 15 is 0 Å². The zero-order valence-corrected chi connectivity index (χ0v) is 11.8. The maximum Gasteiger partial charge on any atom is 0.230 e. The van der Waals surface area contributed by atoms with Gasteiger partial charge in [-0.1, -0.05) is 5.16 Å². The van der Waals surface area contributed by atoms with E-state index in [2.05, 4.69) is 15.5 Å². The van der Waals surface area contributed by atoms with Crippen molar-refractivity contribution in [2.75, 3.05) is 12.4 Å². The van der Waals surface area contributed by atoms with Crippen molar-refractivity contribution in [3.63, 3.8) is 0 Å². The van der Waals surface area contributed by atoms with Gasteiger partial charge in [0.15, 0.2) is 5.82 Å². The first kappa shape index (κ1) is 13.2. The molecular formula is C15H15N3O3. The molecule has 0 aliphatic rings. The molecule has 0 unspecified atom stereocenters. The van der Waals surface area contributed by atoms with Crippen LogP contribution < -0.4 is 10.1 Å². The summed E-state index contributed by atoms with van der Waals surface area (Å²) in [5, 5.41) is 7.45. The molecule has 1 aromatic carbocycles. The SMILES string of the molecule is COc1ccc2c(CC(=O)Nc3cc(C)on3)c[nH]c2c1. The topological polar surface area (TPSA) is 80.2 Å². The molecule has 0 bridgehead atoms. The number of amides is 1. The van der Waals surface area contributed by atoms with Crippen molar-refractivity contribution in [2.24, 2.45) is 0 Å². The van der Waals surface area contributed by atoms with Gasteiger partial charge >= 0.3 is 0 Å². The lowest BCUT2D eigenvalue weighted by Gasteiger charge is -2.02. The Hall–Kier alpha value is -2.76. The number of aromatic nitrogens is 2. The second-order valence-electron chi connectivity index (χ2n) is 4.77. The molecule has 0 saturated heterocycles. The van der Waals surface area contributed by atoms with Crippen LogP contribution in [-0.4, -0.2) is 23.2 Å². The molecule has 3 aromatic rings. The van der Waals surface area contributed by atoms with E-state index in [4.69, 9.17) is 9.26 Å². The van der Waals surface area contributed by atoms with Gasteiger partial charge in [0.1, 0.15) is 11.5 Å². The van der Waals surface area contributed by atoms with Crippen molar-refractivity contribution >= 4 is 22.6 Å². The van der Waals surface area contributed by atoms with Gasteiger partial charge in [0.2, 0.25) is 5.91 Å². The van der Waals surface area contributed by atoms with Crippen molar-refractivity contribution in [3.05, 3.63) is 41.8 Å². The van der Waals surface area contributed by atoms with Crippen molar-refractivity contribution in [2.45, 2.75) is 13.3 Å². The van der Waals surface area contributed by atoms with Crippen LogP contribution in [0.5, 0.6) is 5.75 Å². The van der Waals surface area contributed by atoms with Gasteiger partial charge in [0.25, 0.3) is 0 Å². The lowest BCUT2D eigenvalue weighted by Crippen LogP contribution is -2.14. The van der Waals surface area contributed by atoms with Gasteiger partial charge in [0.05, 0.1) is 13.5 Å². The van der Waals surface area contributed by atoms with Gasteiger partial charge in [-0.3, -0.25) is 4.79 Å². The molecule has 0 spiro atoms. The third kappa shape index (κ3) is 2.74. The zero-order chi connectivity index (χ0) is 14.8. The van der Waals surface area contributed by atoms with Gasteiger partial charge < -0.3 is 19.6 Å². The van der Waals surface area contributed by atoms with Crippen LogP contribution in [0.3, 0.4) is 0 Å². The second-order valence-corrected chi connectivity index (χ2v) is 4.77. The van der Waals surface area contributed by atoms with E-state index in [0.29, 0.717) is 11.6 Å². The van der Waals surface area contributed by atoms with Crippen LogP contribution in [0.2, 0.25) is 0 Å². The number of aryl methyl sites for hydroxylation is 1. The van der Waals surface area contributed by atoms with Crippen LogP contribution in [0.4, 0.5) is 5.82 Å². The number of ether oxygens (including phenoxy) is 1. The fourth-order valence-corrected chi connectivity index (χ4v) is 2.22. The summed E-state index contributed by atoms with van der Waals surface area (Å²) in [5.74, 6) is 1.72. The summed E-state index contributed by atoms with van der Waals surface area (Å²) in [4.78, 5) is 15.2. The summed E-state index contributed by atoms with van der Waals surface area (Å²) >= 11 is 0. The first-order valence-electron chi connectivity index (χ1n) is 6.53. The number of hydrogen-bond acceptors (Lipinski definition) is 4. The zero-order valence-electron chi connectivity index (χ0n) is 11.8. The summed E-state index contributed by atoms with van der Waals surface area (Å²) in [6.07, 6.45) is 2.09. The van der Waals surface area contributed by atoms with Gasteiger partial charge in [0, 0.05) is 29.2 Å². The summed E-state index contributed by atoms with van der Waals surface area (Å²) in [6, 6.07) is 7.39. The molecule has 3 rings (SSSR count). The number of carbonyl (C=O) groups is 1. The molecule has 0 saturated carbocycles. The number of benzene rings is 1. The number of H-pyrrole nitrogens is 1.